The standard InChI is InChI=1S/C26H34N2O6/c1-18(27-25(31)34-26(2,3)4)14-20-12-9-13-21(15-20)16-22(23(29)32-5)28-24(30)33-17-19-10-7-6-8-11-19/h6-13,15,18,22H,14,16-17H2,1-5H3,(H,27,31)(H,28,30)/t18-,22+/m1/s1. The van der Waals surface area contributed by atoms with Crippen LogP contribution >= 0.6 is 0 Å². The maximum absolute atomic E-state index is 12.3. The monoisotopic (exact) mass is 470 g/mol. The third-order valence-corrected chi connectivity index (χ3v) is 4.73. The zero-order valence-corrected chi connectivity index (χ0v) is 20.4. The van der Waals surface area contributed by atoms with Crippen molar-refractivity contribution in [3.8, 4) is 0 Å². The number of hydrogen-bond donors (Lipinski definition) is 2. The van der Waals surface area contributed by atoms with Gasteiger partial charge in [0.05, 0.1) is 7.11 Å². The van der Waals surface area contributed by atoms with Crippen LogP contribution in [0.5, 0.6) is 0 Å². The largest absolute Gasteiger partial charge is 0.467 e. The molecule has 0 spiro atoms. The van der Waals surface area contributed by atoms with Gasteiger partial charge in [0.2, 0.25) is 0 Å². The van der Waals surface area contributed by atoms with Crippen LogP contribution in [0, 0.1) is 0 Å². The maximum Gasteiger partial charge on any atom is 0.408 e. The molecule has 0 unspecified atom stereocenters. The minimum atomic E-state index is -0.902. The number of carbonyl (C=O) groups excluding carboxylic acids is 3. The van der Waals surface area contributed by atoms with Crippen molar-refractivity contribution >= 4 is 18.2 Å². The number of nitrogens with one attached hydrogen (secondary N) is 2. The van der Waals surface area contributed by atoms with Crippen molar-refractivity contribution in [2.75, 3.05) is 7.11 Å². The molecule has 2 N–H and O–H groups in total. The summed E-state index contributed by atoms with van der Waals surface area (Å²) in [6.45, 7) is 7.41. The van der Waals surface area contributed by atoms with E-state index in [4.69, 9.17) is 14.2 Å². The van der Waals surface area contributed by atoms with Gasteiger partial charge in [-0.1, -0.05) is 54.6 Å². The molecular weight excluding hydrogens is 436 g/mol. The average molecular weight is 471 g/mol. The van der Waals surface area contributed by atoms with E-state index in [1.165, 1.54) is 7.11 Å². The molecule has 0 heterocycles. The summed E-state index contributed by atoms with van der Waals surface area (Å²) in [7, 11) is 1.27. The van der Waals surface area contributed by atoms with Crippen LogP contribution in [0.3, 0.4) is 0 Å². The first-order valence-electron chi connectivity index (χ1n) is 11.2. The molecule has 184 valence electrons. The second-order valence-electron chi connectivity index (χ2n) is 9.06. The van der Waals surface area contributed by atoms with Gasteiger partial charge in [0.15, 0.2) is 0 Å². The number of amides is 2. The third-order valence-electron chi connectivity index (χ3n) is 4.73. The number of alkyl carbamates (subject to hydrolysis) is 2. The fourth-order valence-electron chi connectivity index (χ4n) is 3.28. The molecule has 0 bridgehead atoms. The van der Waals surface area contributed by atoms with Crippen LogP contribution < -0.4 is 10.6 Å². The zero-order chi connectivity index (χ0) is 25.1. The second kappa shape index (κ2) is 12.6. The van der Waals surface area contributed by atoms with Gasteiger partial charge >= 0.3 is 18.2 Å². The molecule has 0 aliphatic carbocycles. The first kappa shape index (κ1) is 26.7. The molecule has 8 nitrogen and oxygen atoms in total. The Balaban J connectivity index is 1.96. The van der Waals surface area contributed by atoms with Gasteiger partial charge in [-0.05, 0) is 50.8 Å². The third kappa shape index (κ3) is 9.94. The number of esters is 1. The highest BCUT2D eigenvalue weighted by atomic mass is 16.6. The first-order valence-corrected chi connectivity index (χ1v) is 11.2. The van der Waals surface area contributed by atoms with Crippen molar-refractivity contribution in [3.63, 3.8) is 0 Å². The normalized spacial score (nSPS) is 12.7. The number of carbonyl (C=O) groups is 3. The quantitative estimate of drug-likeness (QED) is 0.422. The summed E-state index contributed by atoms with van der Waals surface area (Å²) in [5.41, 5.74) is 2.08. The van der Waals surface area contributed by atoms with Gasteiger partial charge in [-0.25, -0.2) is 14.4 Å². The molecule has 2 aromatic rings. The summed E-state index contributed by atoms with van der Waals surface area (Å²) in [4.78, 5) is 36.5. The molecular formula is C26H34N2O6. The van der Waals surface area contributed by atoms with E-state index in [9.17, 15) is 14.4 Å². The highest BCUT2D eigenvalue weighted by Crippen LogP contribution is 2.12. The predicted molar refractivity (Wildman–Crippen MR) is 128 cm³/mol. The van der Waals surface area contributed by atoms with E-state index in [2.05, 4.69) is 10.6 Å². The molecule has 2 aromatic carbocycles. The molecule has 0 aromatic heterocycles. The number of ether oxygens (including phenoxy) is 3. The topological polar surface area (TPSA) is 103 Å². The van der Waals surface area contributed by atoms with Crippen LogP contribution in [0.2, 0.25) is 0 Å². The summed E-state index contributed by atoms with van der Waals surface area (Å²) >= 11 is 0. The predicted octanol–water partition coefficient (Wildman–Crippen LogP) is 4.15. The Hall–Kier alpha value is -3.55. The van der Waals surface area contributed by atoms with Gasteiger partial charge in [-0.2, -0.15) is 0 Å². The number of rotatable bonds is 9. The molecule has 2 amide bonds. The first-order chi connectivity index (χ1) is 16.1. The highest BCUT2D eigenvalue weighted by Gasteiger charge is 2.23. The van der Waals surface area contributed by atoms with Crippen LogP contribution in [0.25, 0.3) is 0 Å². The lowest BCUT2D eigenvalue weighted by molar-refractivity contribution is -0.143. The van der Waals surface area contributed by atoms with Crippen LogP contribution in [-0.4, -0.2) is 43.0 Å². The molecule has 0 fully saturated rings. The number of hydrogen-bond acceptors (Lipinski definition) is 6. The van der Waals surface area contributed by atoms with Crippen molar-refractivity contribution in [2.45, 2.75) is 64.8 Å². The molecule has 2 atom stereocenters. The Bertz CT molecular complexity index is 955. The van der Waals surface area contributed by atoms with E-state index in [-0.39, 0.29) is 19.1 Å². The Morgan fingerprint density at radius 3 is 2.09 bits per heavy atom. The molecule has 8 heteroatoms. The molecule has 0 aliphatic heterocycles. The average Bonchev–Trinajstić information content (AvgIpc) is 2.76. The van der Waals surface area contributed by atoms with Crippen molar-refractivity contribution < 1.29 is 28.6 Å². The molecule has 0 aliphatic rings. The smallest absolute Gasteiger partial charge is 0.408 e. The zero-order valence-electron chi connectivity index (χ0n) is 20.4. The Morgan fingerprint density at radius 1 is 0.853 bits per heavy atom. The van der Waals surface area contributed by atoms with Gasteiger partial charge < -0.3 is 24.8 Å². The van der Waals surface area contributed by atoms with Crippen molar-refractivity contribution in [1.82, 2.24) is 10.6 Å². The Kier molecular flexibility index (Phi) is 9.92. The lowest BCUT2D eigenvalue weighted by Crippen LogP contribution is -2.43. The number of methoxy groups -OCH3 is 1. The summed E-state index contributed by atoms with van der Waals surface area (Å²) in [6.07, 6.45) is -0.372. The van der Waals surface area contributed by atoms with Crippen LogP contribution in [0.1, 0.15) is 44.4 Å². The van der Waals surface area contributed by atoms with Gasteiger partial charge in [0.25, 0.3) is 0 Å². The van der Waals surface area contributed by atoms with Gasteiger partial charge in [0.1, 0.15) is 18.2 Å². The van der Waals surface area contributed by atoms with Gasteiger partial charge in [-0.3, -0.25) is 0 Å². The highest BCUT2D eigenvalue weighted by molar-refractivity contribution is 5.81. The molecule has 0 saturated carbocycles. The number of benzene rings is 2. The molecule has 0 saturated heterocycles. The fraction of sp³-hybridized carbons (Fsp3) is 0.423. The van der Waals surface area contributed by atoms with Crippen LogP contribution in [-0.2, 0) is 38.5 Å². The van der Waals surface area contributed by atoms with E-state index < -0.39 is 29.8 Å². The lowest BCUT2D eigenvalue weighted by Gasteiger charge is -2.22. The summed E-state index contributed by atoms with van der Waals surface area (Å²) in [5.74, 6) is -0.568. The summed E-state index contributed by atoms with van der Waals surface area (Å²) < 4.78 is 15.4. The maximum atomic E-state index is 12.3. The van der Waals surface area contributed by atoms with Gasteiger partial charge in [0, 0.05) is 12.5 Å². The van der Waals surface area contributed by atoms with Crippen LogP contribution in [0.15, 0.2) is 54.6 Å². The fourth-order valence-corrected chi connectivity index (χ4v) is 3.28. The Morgan fingerprint density at radius 2 is 1.47 bits per heavy atom. The van der Waals surface area contributed by atoms with Crippen molar-refractivity contribution in [3.05, 3.63) is 71.3 Å². The minimum Gasteiger partial charge on any atom is -0.467 e. The van der Waals surface area contributed by atoms with E-state index in [0.29, 0.717) is 6.42 Å². The van der Waals surface area contributed by atoms with Crippen molar-refractivity contribution in [2.24, 2.45) is 0 Å². The molecule has 2 rings (SSSR count). The van der Waals surface area contributed by atoms with E-state index in [1.807, 2.05) is 82.3 Å². The van der Waals surface area contributed by atoms with E-state index >= 15 is 0 Å². The van der Waals surface area contributed by atoms with Crippen molar-refractivity contribution in [1.29, 1.82) is 0 Å². The summed E-state index contributed by atoms with van der Waals surface area (Å²) in [5, 5.41) is 5.40. The van der Waals surface area contributed by atoms with E-state index in [0.717, 1.165) is 16.7 Å². The van der Waals surface area contributed by atoms with Crippen LogP contribution in [0.4, 0.5) is 9.59 Å². The minimum absolute atomic E-state index is 0.0958. The van der Waals surface area contributed by atoms with E-state index in [1.54, 1.807) is 0 Å². The lowest BCUT2D eigenvalue weighted by atomic mass is 10.00. The Labute approximate surface area is 201 Å². The second-order valence-corrected chi connectivity index (χ2v) is 9.06. The SMILES string of the molecule is COC(=O)[C@H](Cc1cccc(C[C@@H](C)NC(=O)OC(C)(C)C)c1)NC(=O)OCc1ccccc1. The summed E-state index contributed by atoms with van der Waals surface area (Å²) in [6, 6.07) is 15.8. The molecule has 34 heavy (non-hydrogen) atoms. The van der Waals surface area contributed by atoms with Gasteiger partial charge in [-0.15, -0.1) is 0 Å². The molecule has 0 radical (unpaired) electrons.